The maximum Gasteiger partial charge on any atom is 0.333 e. The summed E-state index contributed by atoms with van der Waals surface area (Å²) in [5.74, 6) is 0.883. The molecule has 1 amide bonds. The summed E-state index contributed by atoms with van der Waals surface area (Å²) in [7, 11) is -4.04. The number of allylic oxidation sites excluding steroid dienone is 1. The van der Waals surface area contributed by atoms with E-state index in [1.54, 1.807) is 10.4 Å². The molecule has 12 heteroatoms. The largest absolute Gasteiger partial charge is 0.456 e. The van der Waals surface area contributed by atoms with E-state index >= 15 is 8.42 Å². The van der Waals surface area contributed by atoms with Crippen molar-refractivity contribution in [2.75, 3.05) is 42.5 Å². The lowest BCUT2D eigenvalue weighted by molar-refractivity contribution is -0.186. The Kier molecular flexibility index (Phi) is 8.13. The van der Waals surface area contributed by atoms with Crippen LogP contribution in [0, 0.1) is 0 Å². The third-order valence-corrected chi connectivity index (χ3v) is 14.9. The molecule has 282 valence electrons. The highest BCUT2D eigenvalue weighted by atomic mass is 35.5. The number of nitrogens with zero attached hydrogens (tertiary/aromatic N) is 4. The molecule has 0 bridgehead atoms. The van der Waals surface area contributed by atoms with Crippen molar-refractivity contribution in [1.82, 2.24) is 9.37 Å². The van der Waals surface area contributed by atoms with E-state index < -0.39 is 21.5 Å². The number of sulfonamides is 1. The normalized spacial score (nSPS) is 21.3. The van der Waals surface area contributed by atoms with Gasteiger partial charge in [0.1, 0.15) is 17.0 Å². The molecule has 3 aromatic carbocycles. The fraction of sp³-hybridized carbons (Fsp3) is 0.476. The van der Waals surface area contributed by atoms with Gasteiger partial charge in [-0.3, -0.25) is 4.79 Å². The fourth-order valence-corrected chi connectivity index (χ4v) is 12.8. The van der Waals surface area contributed by atoms with Gasteiger partial charge in [-0.25, -0.2) is 13.2 Å². The molecule has 10 nitrogen and oxygen atoms in total. The Morgan fingerprint density at radius 2 is 1.41 bits per heavy atom. The van der Waals surface area contributed by atoms with Crippen LogP contribution in [0.15, 0.2) is 47.5 Å². The van der Waals surface area contributed by atoms with Crippen LogP contribution in [0.5, 0.6) is 11.5 Å². The number of anilines is 2. The van der Waals surface area contributed by atoms with Crippen molar-refractivity contribution >= 4 is 44.9 Å². The van der Waals surface area contributed by atoms with Crippen molar-refractivity contribution in [3.8, 4) is 11.5 Å². The number of fused-ring (bicyclic) bond motifs is 8. The van der Waals surface area contributed by atoms with Gasteiger partial charge in [-0.1, -0.05) is 30.7 Å². The number of unbranched alkanes of at least 4 members (excludes halogenated alkanes) is 2. The topological polar surface area (TPSA) is 99.7 Å². The number of hydrogen-bond acceptors (Lipinski definition) is 8. The van der Waals surface area contributed by atoms with E-state index in [1.165, 1.54) is 33.6 Å². The van der Waals surface area contributed by atoms with Gasteiger partial charge in [0.25, 0.3) is 5.91 Å². The van der Waals surface area contributed by atoms with Gasteiger partial charge < -0.3 is 19.4 Å². The molecule has 54 heavy (non-hydrogen) atoms. The van der Waals surface area contributed by atoms with Crippen LogP contribution in [0.25, 0.3) is 0 Å². The van der Waals surface area contributed by atoms with Crippen LogP contribution < -0.4 is 14.5 Å². The van der Waals surface area contributed by atoms with Crippen molar-refractivity contribution < 1.29 is 27.6 Å². The Hall–Kier alpha value is -4.06. The highest BCUT2D eigenvalue weighted by Crippen LogP contribution is 2.64. The van der Waals surface area contributed by atoms with Crippen molar-refractivity contribution in [2.45, 2.75) is 100 Å². The van der Waals surface area contributed by atoms with E-state index in [-0.39, 0.29) is 30.2 Å². The van der Waals surface area contributed by atoms with Crippen LogP contribution in [0.2, 0.25) is 5.02 Å². The van der Waals surface area contributed by atoms with Gasteiger partial charge in [-0.15, -0.1) is 5.06 Å². The lowest BCUT2D eigenvalue weighted by atomic mass is 9.70. The molecule has 10 rings (SSSR count). The minimum atomic E-state index is -4.04. The second kappa shape index (κ2) is 12.7. The summed E-state index contributed by atoms with van der Waals surface area (Å²) in [5.41, 5.74) is 9.38. The molecule has 0 saturated carbocycles. The lowest BCUT2D eigenvalue weighted by Crippen LogP contribution is -2.49. The molecule has 7 heterocycles. The summed E-state index contributed by atoms with van der Waals surface area (Å²) in [6.45, 7) is 8.15. The zero-order valence-corrected chi connectivity index (χ0v) is 32.1. The van der Waals surface area contributed by atoms with Crippen LogP contribution in [0.1, 0.15) is 103 Å². The predicted molar refractivity (Wildman–Crippen MR) is 206 cm³/mol. The van der Waals surface area contributed by atoms with E-state index in [9.17, 15) is 9.59 Å². The number of carbonyl (C=O) groups excluding carboxylic acids is 2. The van der Waals surface area contributed by atoms with E-state index in [0.717, 1.165) is 111 Å². The van der Waals surface area contributed by atoms with Gasteiger partial charge in [0.2, 0.25) is 10.0 Å². The molecule has 1 fully saturated rings. The summed E-state index contributed by atoms with van der Waals surface area (Å²) in [6.07, 6.45) is 10.3. The standard InChI is InChI=1S/C42H45ClN4O6S/c1-26-14-17-36(48)47(26)53-37(49)13-3-2-4-22-46-42(32-16-15-29(43)25-35(32)54(46,50)51)33-23-27-9-5-18-44-20-7-11-30(38(27)44)40(33)52-41-31-12-8-21-45-19-6-10-28(39(31)45)24-34(41)42/h15-16,23-25H,1-14,17-22H2. The highest BCUT2D eigenvalue weighted by molar-refractivity contribution is 7.89. The molecule has 0 aliphatic carbocycles. The third kappa shape index (κ3) is 4.96. The lowest BCUT2D eigenvalue weighted by Gasteiger charge is -2.48. The molecule has 1 spiro atoms. The van der Waals surface area contributed by atoms with Crippen molar-refractivity contribution in [2.24, 2.45) is 0 Å². The van der Waals surface area contributed by atoms with Gasteiger partial charge in [-0.05, 0) is 106 Å². The quantitative estimate of drug-likeness (QED) is 0.231. The number of rotatable bonds is 7. The molecule has 0 atom stereocenters. The van der Waals surface area contributed by atoms with E-state index in [2.05, 4.69) is 28.5 Å². The van der Waals surface area contributed by atoms with Crippen LogP contribution in [-0.4, -0.2) is 62.4 Å². The van der Waals surface area contributed by atoms with Crippen LogP contribution in [0.4, 0.5) is 11.4 Å². The number of hydroxylamine groups is 2. The van der Waals surface area contributed by atoms with Crippen molar-refractivity contribution in [3.63, 3.8) is 0 Å². The minimum Gasteiger partial charge on any atom is -0.456 e. The molecule has 7 aliphatic rings. The number of hydrogen-bond donors (Lipinski definition) is 0. The van der Waals surface area contributed by atoms with Crippen LogP contribution in [0.3, 0.4) is 0 Å². The average Bonchev–Trinajstić information content (AvgIpc) is 3.58. The molecule has 0 aromatic heterocycles. The molecule has 1 saturated heterocycles. The number of carbonyl (C=O) groups is 2. The maximum atomic E-state index is 15.2. The fourth-order valence-electron chi connectivity index (χ4n) is 10.6. The SMILES string of the molecule is C=C1CCC(=O)N1OC(=O)CCCCCN1C2(c3ccc(Cl)cc3S1(=O)=O)c1cc3c4c(c1Oc1c2cc2c5c1CCCN5CCC2)CCCN4CCC3. The molecule has 3 aromatic rings. The number of amides is 1. The molecular weight excluding hydrogens is 724 g/mol. The van der Waals surface area contributed by atoms with Gasteiger partial charge >= 0.3 is 5.97 Å². The Labute approximate surface area is 321 Å². The second-order valence-corrected chi connectivity index (χ2v) is 18.2. The first-order chi connectivity index (χ1) is 26.2. The van der Waals surface area contributed by atoms with Gasteiger partial charge in [0.15, 0.2) is 0 Å². The Balaban J connectivity index is 1.11. The van der Waals surface area contributed by atoms with E-state index in [4.69, 9.17) is 21.2 Å². The van der Waals surface area contributed by atoms with E-state index in [0.29, 0.717) is 36.4 Å². The summed E-state index contributed by atoms with van der Waals surface area (Å²) >= 11 is 6.62. The number of benzene rings is 3. The summed E-state index contributed by atoms with van der Waals surface area (Å²) in [5, 5.41) is 1.40. The number of aryl methyl sites for hydroxylation is 2. The third-order valence-electron chi connectivity index (χ3n) is 12.8. The first-order valence-electron chi connectivity index (χ1n) is 19.8. The highest BCUT2D eigenvalue weighted by Gasteiger charge is 2.61. The zero-order chi connectivity index (χ0) is 36.9. The number of halogens is 1. The molecule has 0 unspecified atom stereocenters. The van der Waals surface area contributed by atoms with E-state index in [1.807, 2.05) is 12.1 Å². The van der Waals surface area contributed by atoms with Crippen molar-refractivity contribution in [3.05, 3.63) is 86.6 Å². The monoisotopic (exact) mass is 768 g/mol. The molecule has 0 radical (unpaired) electrons. The second-order valence-electron chi connectivity index (χ2n) is 15.9. The smallest absolute Gasteiger partial charge is 0.333 e. The van der Waals surface area contributed by atoms with Crippen LogP contribution >= 0.6 is 11.6 Å². The van der Waals surface area contributed by atoms with Gasteiger partial charge in [-0.2, -0.15) is 4.31 Å². The predicted octanol–water partition coefficient (Wildman–Crippen LogP) is 7.29. The average molecular weight is 769 g/mol. The van der Waals surface area contributed by atoms with Gasteiger partial charge in [0, 0.05) is 89.8 Å². The Morgan fingerprint density at radius 3 is 2.00 bits per heavy atom. The molecule has 0 N–H and O–H groups in total. The first kappa shape index (κ1) is 34.4. The summed E-state index contributed by atoms with van der Waals surface area (Å²) in [6, 6.07) is 9.95. The first-order valence-corrected chi connectivity index (χ1v) is 21.6. The maximum absolute atomic E-state index is 15.2. The Morgan fingerprint density at radius 1 is 0.796 bits per heavy atom. The van der Waals surface area contributed by atoms with Crippen molar-refractivity contribution in [1.29, 1.82) is 0 Å². The number of ether oxygens (including phenoxy) is 1. The van der Waals surface area contributed by atoms with Crippen LogP contribution in [-0.2, 0) is 55.7 Å². The zero-order valence-electron chi connectivity index (χ0n) is 30.6. The van der Waals surface area contributed by atoms with Gasteiger partial charge in [0.05, 0.1) is 10.6 Å². The Bertz CT molecular complexity index is 2170. The summed E-state index contributed by atoms with van der Waals surface area (Å²) < 4.78 is 39.4. The molecule has 7 aliphatic heterocycles. The summed E-state index contributed by atoms with van der Waals surface area (Å²) in [4.78, 5) is 35.5. The minimum absolute atomic E-state index is 0.113. The molecular formula is C42H45ClN4O6S.